The Bertz CT molecular complexity index is 204. The summed E-state index contributed by atoms with van der Waals surface area (Å²) in [4.78, 5) is 0. The van der Waals surface area contributed by atoms with Crippen LogP contribution in [0.25, 0.3) is 0 Å². The van der Waals surface area contributed by atoms with Gasteiger partial charge in [0, 0.05) is 19.3 Å². The molecular weight excluding hydrogens is 214 g/mol. The molecule has 1 aliphatic heterocycles. The average molecular weight is 241 g/mol. The van der Waals surface area contributed by atoms with Crippen molar-refractivity contribution in [3.05, 3.63) is 0 Å². The fraction of sp³-hybridized carbons (Fsp3) is 1.00. The van der Waals surface area contributed by atoms with Gasteiger partial charge in [-0.1, -0.05) is 19.3 Å². The number of ether oxygens (including phenoxy) is 2. The van der Waals surface area contributed by atoms with E-state index in [0.29, 0.717) is 12.2 Å². The highest BCUT2D eigenvalue weighted by molar-refractivity contribution is 4.77. The lowest BCUT2D eigenvalue weighted by molar-refractivity contribution is 0.0211. The summed E-state index contributed by atoms with van der Waals surface area (Å²) in [5, 5.41) is 0. The van der Waals surface area contributed by atoms with Crippen LogP contribution in [0.2, 0.25) is 0 Å². The molecule has 3 nitrogen and oxygen atoms in total. The van der Waals surface area contributed by atoms with Crippen LogP contribution in [0.3, 0.4) is 0 Å². The Morgan fingerprint density at radius 3 is 2.76 bits per heavy atom. The minimum atomic E-state index is 0.264. The predicted octanol–water partition coefficient (Wildman–Crippen LogP) is 2.62. The molecule has 2 rings (SSSR count). The quantitative estimate of drug-likeness (QED) is 0.594. The van der Waals surface area contributed by atoms with Crippen molar-refractivity contribution in [2.45, 2.75) is 76.0 Å². The number of hydrogen-bond donors (Lipinski definition) is 1. The van der Waals surface area contributed by atoms with E-state index in [-0.39, 0.29) is 6.04 Å². The standard InChI is InChI=1S/C14H27NO2/c15-13-8-2-1-3-9-14(13)17-11-5-7-12-6-4-10-16-12/h12-14H,1-11,15H2. The first-order valence-electron chi connectivity index (χ1n) is 7.35. The fourth-order valence-electron chi connectivity index (χ4n) is 2.93. The molecule has 0 aromatic rings. The normalized spacial score (nSPS) is 34.8. The molecule has 2 fully saturated rings. The zero-order valence-electron chi connectivity index (χ0n) is 10.9. The van der Waals surface area contributed by atoms with E-state index >= 15 is 0 Å². The number of hydrogen-bond acceptors (Lipinski definition) is 3. The van der Waals surface area contributed by atoms with Gasteiger partial charge in [-0.25, -0.2) is 0 Å². The molecule has 1 heterocycles. The van der Waals surface area contributed by atoms with Gasteiger partial charge in [-0.15, -0.1) is 0 Å². The van der Waals surface area contributed by atoms with Crippen molar-refractivity contribution in [3.63, 3.8) is 0 Å². The largest absolute Gasteiger partial charge is 0.378 e. The molecule has 0 aromatic carbocycles. The van der Waals surface area contributed by atoms with Crippen molar-refractivity contribution in [2.75, 3.05) is 13.2 Å². The number of rotatable bonds is 5. The molecule has 3 atom stereocenters. The SMILES string of the molecule is NC1CCCCCC1OCCCC1CCCO1. The molecule has 0 amide bonds. The maximum Gasteiger partial charge on any atom is 0.0725 e. The molecule has 17 heavy (non-hydrogen) atoms. The van der Waals surface area contributed by atoms with Crippen molar-refractivity contribution in [2.24, 2.45) is 5.73 Å². The zero-order chi connectivity index (χ0) is 11.9. The van der Waals surface area contributed by atoms with E-state index in [4.69, 9.17) is 15.2 Å². The van der Waals surface area contributed by atoms with Crippen LogP contribution in [-0.2, 0) is 9.47 Å². The molecule has 1 saturated carbocycles. The first-order chi connectivity index (χ1) is 8.36. The third kappa shape index (κ3) is 4.57. The lowest BCUT2D eigenvalue weighted by Gasteiger charge is -2.22. The van der Waals surface area contributed by atoms with E-state index in [1.807, 2.05) is 0 Å². The molecular formula is C14H27NO2. The van der Waals surface area contributed by atoms with Gasteiger partial charge in [0.15, 0.2) is 0 Å². The monoisotopic (exact) mass is 241 g/mol. The van der Waals surface area contributed by atoms with Gasteiger partial charge in [0.25, 0.3) is 0 Å². The maximum atomic E-state index is 6.13. The van der Waals surface area contributed by atoms with Crippen LogP contribution in [0.15, 0.2) is 0 Å². The molecule has 0 aromatic heterocycles. The van der Waals surface area contributed by atoms with Gasteiger partial charge >= 0.3 is 0 Å². The Balaban J connectivity index is 1.56. The third-order valence-electron chi connectivity index (χ3n) is 4.03. The summed E-state index contributed by atoms with van der Waals surface area (Å²) in [6, 6.07) is 0.264. The van der Waals surface area contributed by atoms with Crippen LogP contribution in [0.4, 0.5) is 0 Å². The van der Waals surface area contributed by atoms with Crippen LogP contribution in [-0.4, -0.2) is 31.5 Å². The van der Waals surface area contributed by atoms with E-state index in [9.17, 15) is 0 Å². The molecule has 3 heteroatoms. The van der Waals surface area contributed by atoms with Gasteiger partial charge in [-0.2, -0.15) is 0 Å². The lowest BCUT2D eigenvalue weighted by Crippen LogP contribution is -2.36. The first-order valence-corrected chi connectivity index (χ1v) is 7.35. The summed E-state index contributed by atoms with van der Waals surface area (Å²) >= 11 is 0. The smallest absolute Gasteiger partial charge is 0.0725 e. The molecule has 0 spiro atoms. The highest BCUT2D eigenvalue weighted by atomic mass is 16.5. The van der Waals surface area contributed by atoms with Gasteiger partial charge in [0.1, 0.15) is 0 Å². The van der Waals surface area contributed by atoms with E-state index in [0.717, 1.165) is 38.9 Å². The predicted molar refractivity (Wildman–Crippen MR) is 69.0 cm³/mol. The second kappa shape index (κ2) is 7.34. The highest BCUT2D eigenvalue weighted by Crippen LogP contribution is 2.20. The van der Waals surface area contributed by atoms with Crippen LogP contribution < -0.4 is 5.73 Å². The van der Waals surface area contributed by atoms with E-state index in [1.54, 1.807) is 0 Å². The van der Waals surface area contributed by atoms with Gasteiger partial charge < -0.3 is 15.2 Å². The van der Waals surface area contributed by atoms with Crippen LogP contribution in [0.5, 0.6) is 0 Å². The molecule has 1 saturated heterocycles. The molecule has 2 aliphatic rings. The summed E-state index contributed by atoms with van der Waals surface area (Å²) in [5.74, 6) is 0. The van der Waals surface area contributed by atoms with Crippen LogP contribution >= 0.6 is 0 Å². The van der Waals surface area contributed by atoms with Crippen molar-refractivity contribution in [3.8, 4) is 0 Å². The Morgan fingerprint density at radius 1 is 1.06 bits per heavy atom. The van der Waals surface area contributed by atoms with E-state index in [1.165, 1.54) is 32.1 Å². The Kier molecular flexibility index (Phi) is 5.75. The molecule has 100 valence electrons. The van der Waals surface area contributed by atoms with E-state index < -0.39 is 0 Å². The van der Waals surface area contributed by atoms with Gasteiger partial charge in [0.2, 0.25) is 0 Å². The summed E-state index contributed by atoms with van der Waals surface area (Å²) in [6.45, 7) is 1.82. The molecule has 1 aliphatic carbocycles. The number of nitrogens with two attached hydrogens (primary N) is 1. The summed E-state index contributed by atoms with van der Waals surface area (Å²) < 4.78 is 11.6. The Hall–Kier alpha value is -0.120. The van der Waals surface area contributed by atoms with Crippen molar-refractivity contribution in [1.82, 2.24) is 0 Å². The Labute approximate surface area is 105 Å². The Morgan fingerprint density at radius 2 is 1.94 bits per heavy atom. The fourth-order valence-corrected chi connectivity index (χ4v) is 2.93. The van der Waals surface area contributed by atoms with Crippen molar-refractivity contribution >= 4 is 0 Å². The topological polar surface area (TPSA) is 44.5 Å². The highest BCUT2D eigenvalue weighted by Gasteiger charge is 2.21. The maximum absolute atomic E-state index is 6.13. The molecule has 0 radical (unpaired) electrons. The second-order valence-electron chi connectivity index (χ2n) is 5.49. The first kappa shape index (κ1) is 13.3. The van der Waals surface area contributed by atoms with Gasteiger partial charge in [-0.05, 0) is 38.5 Å². The molecule has 2 N–H and O–H groups in total. The second-order valence-corrected chi connectivity index (χ2v) is 5.49. The van der Waals surface area contributed by atoms with Crippen LogP contribution in [0, 0.1) is 0 Å². The minimum Gasteiger partial charge on any atom is -0.378 e. The average Bonchev–Trinajstić information content (AvgIpc) is 2.76. The summed E-state index contributed by atoms with van der Waals surface area (Å²) in [5.41, 5.74) is 6.13. The minimum absolute atomic E-state index is 0.264. The summed E-state index contributed by atoms with van der Waals surface area (Å²) in [6.07, 6.45) is 11.7. The van der Waals surface area contributed by atoms with E-state index in [2.05, 4.69) is 0 Å². The van der Waals surface area contributed by atoms with Crippen molar-refractivity contribution in [1.29, 1.82) is 0 Å². The zero-order valence-corrected chi connectivity index (χ0v) is 10.9. The molecule has 3 unspecified atom stereocenters. The van der Waals surface area contributed by atoms with Crippen molar-refractivity contribution < 1.29 is 9.47 Å². The van der Waals surface area contributed by atoms with Gasteiger partial charge in [0.05, 0.1) is 12.2 Å². The van der Waals surface area contributed by atoms with Gasteiger partial charge in [-0.3, -0.25) is 0 Å². The lowest BCUT2D eigenvalue weighted by atomic mass is 10.1. The molecule has 0 bridgehead atoms. The van der Waals surface area contributed by atoms with Crippen LogP contribution in [0.1, 0.15) is 57.8 Å². The third-order valence-corrected chi connectivity index (χ3v) is 4.03. The summed E-state index contributed by atoms with van der Waals surface area (Å²) in [7, 11) is 0.